The number of hydrogen-bond acceptors (Lipinski definition) is 5. The summed E-state index contributed by atoms with van der Waals surface area (Å²) in [5.74, 6) is 0.808. The number of aliphatic imine (C=N–C) groups is 1. The van der Waals surface area contributed by atoms with Crippen molar-refractivity contribution in [3.05, 3.63) is 29.8 Å². The predicted octanol–water partition coefficient (Wildman–Crippen LogP) is 0.659. The van der Waals surface area contributed by atoms with Gasteiger partial charge >= 0.3 is 0 Å². The third-order valence-electron chi connectivity index (χ3n) is 5.69. The Labute approximate surface area is 190 Å². The second-order valence-corrected chi connectivity index (χ2v) is 8.36. The Morgan fingerprint density at radius 3 is 2.53 bits per heavy atom. The van der Waals surface area contributed by atoms with Crippen molar-refractivity contribution in [2.24, 2.45) is 4.99 Å². The number of amides is 2. The van der Waals surface area contributed by atoms with Gasteiger partial charge in [-0.2, -0.15) is 0 Å². The molecule has 0 saturated carbocycles. The zero-order valence-corrected chi connectivity index (χ0v) is 19.3. The molecular formula is C23H36N6O3. The van der Waals surface area contributed by atoms with Crippen LogP contribution in [0.15, 0.2) is 29.3 Å². The number of likely N-dealkylation sites (N-methyl/N-ethyl adjacent to an activating group) is 1. The van der Waals surface area contributed by atoms with Gasteiger partial charge in [0.1, 0.15) is 0 Å². The van der Waals surface area contributed by atoms with Gasteiger partial charge in [-0.3, -0.25) is 14.5 Å². The number of carbonyl (C=O) groups is 2. The van der Waals surface area contributed by atoms with Gasteiger partial charge in [0.15, 0.2) is 5.96 Å². The van der Waals surface area contributed by atoms with Gasteiger partial charge in [0, 0.05) is 52.4 Å². The SMILES string of the molecule is CN(C)C(=O)CNC(=NCc1ccc(N2CCCC2=O)cc1)NCCCN1CCOCC1. The van der Waals surface area contributed by atoms with Crippen LogP contribution < -0.4 is 15.5 Å². The maximum absolute atomic E-state index is 12.0. The van der Waals surface area contributed by atoms with Crippen LogP contribution in [0.2, 0.25) is 0 Å². The Kier molecular flexibility index (Phi) is 9.30. The smallest absolute Gasteiger partial charge is 0.241 e. The summed E-state index contributed by atoms with van der Waals surface area (Å²) in [4.78, 5) is 34.4. The first kappa shape index (κ1) is 24.0. The van der Waals surface area contributed by atoms with Crippen LogP contribution in [-0.4, -0.2) is 94.2 Å². The molecule has 0 aliphatic carbocycles. The molecule has 2 aliphatic heterocycles. The fourth-order valence-electron chi connectivity index (χ4n) is 3.70. The highest BCUT2D eigenvalue weighted by molar-refractivity contribution is 5.95. The van der Waals surface area contributed by atoms with Gasteiger partial charge in [-0.1, -0.05) is 12.1 Å². The third kappa shape index (κ3) is 7.49. The Morgan fingerprint density at radius 1 is 1.12 bits per heavy atom. The van der Waals surface area contributed by atoms with Gasteiger partial charge in [-0.15, -0.1) is 0 Å². The van der Waals surface area contributed by atoms with E-state index in [-0.39, 0.29) is 18.4 Å². The van der Waals surface area contributed by atoms with Crippen molar-refractivity contribution in [3.8, 4) is 0 Å². The van der Waals surface area contributed by atoms with E-state index in [0.717, 1.165) is 70.0 Å². The van der Waals surface area contributed by atoms with E-state index in [0.29, 0.717) is 18.9 Å². The summed E-state index contributed by atoms with van der Waals surface area (Å²) >= 11 is 0. The van der Waals surface area contributed by atoms with E-state index in [1.165, 1.54) is 0 Å². The number of benzene rings is 1. The Hall–Kier alpha value is -2.65. The second-order valence-electron chi connectivity index (χ2n) is 8.36. The van der Waals surface area contributed by atoms with E-state index in [1.807, 2.05) is 29.2 Å². The lowest BCUT2D eigenvalue weighted by Crippen LogP contribution is -2.44. The van der Waals surface area contributed by atoms with Crippen LogP contribution >= 0.6 is 0 Å². The van der Waals surface area contributed by atoms with E-state index >= 15 is 0 Å². The summed E-state index contributed by atoms with van der Waals surface area (Å²) in [6, 6.07) is 7.97. The molecule has 9 nitrogen and oxygen atoms in total. The first-order valence-electron chi connectivity index (χ1n) is 11.4. The van der Waals surface area contributed by atoms with Crippen molar-refractivity contribution < 1.29 is 14.3 Å². The molecule has 0 bridgehead atoms. The highest BCUT2D eigenvalue weighted by atomic mass is 16.5. The number of nitrogens with one attached hydrogen (secondary N) is 2. The number of guanidine groups is 1. The van der Waals surface area contributed by atoms with Crippen molar-refractivity contribution >= 4 is 23.5 Å². The highest BCUT2D eigenvalue weighted by Gasteiger charge is 2.21. The van der Waals surface area contributed by atoms with Gasteiger partial charge in [0.05, 0.1) is 26.3 Å². The fraction of sp³-hybridized carbons (Fsp3) is 0.609. The van der Waals surface area contributed by atoms with Gasteiger partial charge in [-0.05, 0) is 37.1 Å². The molecule has 0 unspecified atom stereocenters. The van der Waals surface area contributed by atoms with Crippen molar-refractivity contribution in [2.75, 3.05) is 71.5 Å². The molecule has 2 amide bonds. The van der Waals surface area contributed by atoms with Gasteiger partial charge in [0.2, 0.25) is 11.8 Å². The number of nitrogens with zero attached hydrogens (tertiary/aromatic N) is 4. The lowest BCUT2D eigenvalue weighted by molar-refractivity contribution is -0.127. The maximum Gasteiger partial charge on any atom is 0.241 e. The Balaban J connectivity index is 1.52. The number of rotatable bonds is 9. The zero-order chi connectivity index (χ0) is 22.8. The summed E-state index contributed by atoms with van der Waals surface area (Å²) in [5, 5.41) is 6.48. The number of morpholine rings is 1. The van der Waals surface area contributed by atoms with Crippen LogP contribution in [0.3, 0.4) is 0 Å². The van der Waals surface area contributed by atoms with E-state index in [1.54, 1.807) is 19.0 Å². The topological polar surface area (TPSA) is 89.5 Å². The molecule has 1 aromatic carbocycles. The minimum atomic E-state index is -0.00699. The van der Waals surface area contributed by atoms with E-state index in [9.17, 15) is 9.59 Å². The summed E-state index contributed by atoms with van der Waals surface area (Å²) in [6.45, 7) is 6.83. The van der Waals surface area contributed by atoms with Crippen LogP contribution in [0.5, 0.6) is 0 Å². The predicted molar refractivity (Wildman–Crippen MR) is 126 cm³/mol. The maximum atomic E-state index is 12.0. The van der Waals surface area contributed by atoms with Gasteiger partial charge in [-0.25, -0.2) is 4.99 Å². The van der Waals surface area contributed by atoms with Crippen molar-refractivity contribution in [2.45, 2.75) is 25.8 Å². The van der Waals surface area contributed by atoms with Crippen molar-refractivity contribution in [1.82, 2.24) is 20.4 Å². The first-order valence-corrected chi connectivity index (χ1v) is 11.4. The van der Waals surface area contributed by atoms with Gasteiger partial charge < -0.3 is 25.2 Å². The average molecular weight is 445 g/mol. The Bertz CT molecular complexity index is 774. The first-order chi connectivity index (χ1) is 15.5. The van der Waals surface area contributed by atoms with E-state index in [4.69, 9.17) is 4.74 Å². The molecule has 2 fully saturated rings. The molecule has 1 aromatic rings. The van der Waals surface area contributed by atoms with E-state index in [2.05, 4.69) is 20.5 Å². The third-order valence-corrected chi connectivity index (χ3v) is 5.69. The summed E-state index contributed by atoms with van der Waals surface area (Å²) < 4.78 is 5.39. The molecule has 0 radical (unpaired) electrons. The van der Waals surface area contributed by atoms with Crippen LogP contribution in [0.4, 0.5) is 5.69 Å². The van der Waals surface area contributed by atoms with Crippen LogP contribution in [0.1, 0.15) is 24.8 Å². The highest BCUT2D eigenvalue weighted by Crippen LogP contribution is 2.21. The molecule has 2 saturated heterocycles. The molecular weight excluding hydrogens is 408 g/mol. The summed E-state index contributed by atoms with van der Waals surface area (Å²) in [6.07, 6.45) is 2.54. The number of anilines is 1. The number of carbonyl (C=O) groups excluding carboxylic acids is 2. The molecule has 0 aromatic heterocycles. The molecule has 0 spiro atoms. The summed E-state index contributed by atoms with van der Waals surface area (Å²) in [5.41, 5.74) is 1.99. The lowest BCUT2D eigenvalue weighted by Gasteiger charge is -2.26. The molecule has 32 heavy (non-hydrogen) atoms. The zero-order valence-electron chi connectivity index (χ0n) is 19.3. The largest absolute Gasteiger partial charge is 0.379 e. The van der Waals surface area contributed by atoms with Gasteiger partial charge in [0.25, 0.3) is 0 Å². The van der Waals surface area contributed by atoms with Crippen LogP contribution in [-0.2, 0) is 20.9 Å². The van der Waals surface area contributed by atoms with E-state index < -0.39 is 0 Å². The molecule has 2 heterocycles. The molecule has 9 heteroatoms. The minimum Gasteiger partial charge on any atom is -0.379 e. The lowest BCUT2D eigenvalue weighted by atomic mass is 10.2. The van der Waals surface area contributed by atoms with Crippen LogP contribution in [0.25, 0.3) is 0 Å². The molecule has 176 valence electrons. The number of hydrogen-bond donors (Lipinski definition) is 2. The standard InChI is InChI=1S/C23H36N6O3/c1-27(2)22(31)18-26-23(24-10-4-11-28-13-15-32-16-14-28)25-17-19-6-8-20(9-7-19)29-12-3-5-21(29)30/h6-9H,3-5,10-18H2,1-2H3,(H2,24,25,26). The Morgan fingerprint density at radius 2 is 1.88 bits per heavy atom. The minimum absolute atomic E-state index is 0.00699. The van der Waals surface area contributed by atoms with Crippen LogP contribution in [0, 0.1) is 0 Å². The second kappa shape index (κ2) is 12.4. The molecule has 2 N–H and O–H groups in total. The normalized spacial score (nSPS) is 17.5. The van der Waals surface area contributed by atoms with Crippen molar-refractivity contribution in [1.29, 1.82) is 0 Å². The average Bonchev–Trinajstić information content (AvgIpc) is 3.24. The molecule has 2 aliphatic rings. The number of ether oxygens (including phenoxy) is 1. The van der Waals surface area contributed by atoms with Crippen molar-refractivity contribution in [3.63, 3.8) is 0 Å². The molecule has 3 rings (SSSR count). The summed E-state index contributed by atoms with van der Waals surface area (Å²) in [7, 11) is 3.48. The quantitative estimate of drug-likeness (QED) is 0.330. The molecule has 0 atom stereocenters. The monoisotopic (exact) mass is 444 g/mol. The fourth-order valence-corrected chi connectivity index (χ4v) is 3.70.